The zero-order valence-corrected chi connectivity index (χ0v) is 16.9. The normalized spacial score (nSPS) is 14.6. The molecular weight excluding hydrogens is 403 g/mol. The van der Waals surface area contributed by atoms with Gasteiger partial charge in [-0.3, -0.25) is 9.59 Å². The van der Waals surface area contributed by atoms with Gasteiger partial charge in [-0.1, -0.05) is 26.0 Å². The molecule has 2 aromatic rings. The SMILES string of the molecule is CCC(C)c1ccc(NC(=O)COC(=O)CC(O)(c2ccc(C)o2)C(F)(F)F)cc1. The third-order valence-corrected chi connectivity index (χ3v) is 4.76. The van der Waals surface area contributed by atoms with Crippen molar-refractivity contribution in [2.24, 2.45) is 0 Å². The number of rotatable bonds is 8. The summed E-state index contributed by atoms with van der Waals surface area (Å²) >= 11 is 0. The highest BCUT2D eigenvalue weighted by atomic mass is 19.4. The minimum absolute atomic E-state index is 0.139. The lowest BCUT2D eigenvalue weighted by Crippen LogP contribution is -2.44. The van der Waals surface area contributed by atoms with Crippen LogP contribution in [0.5, 0.6) is 0 Å². The third kappa shape index (κ3) is 5.63. The second-order valence-corrected chi connectivity index (χ2v) is 7.09. The van der Waals surface area contributed by atoms with Gasteiger partial charge in [0.2, 0.25) is 5.60 Å². The van der Waals surface area contributed by atoms with Crippen molar-refractivity contribution in [3.63, 3.8) is 0 Å². The van der Waals surface area contributed by atoms with Crippen LogP contribution in [-0.4, -0.2) is 29.8 Å². The second kappa shape index (κ2) is 9.34. The molecule has 164 valence electrons. The molecule has 0 radical (unpaired) electrons. The molecule has 2 atom stereocenters. The second-order valence-electron chi connectivity index (χ2n) is 7.09. The largest absolute Gasteiger partial charge is 0.463 e. The lowest BCUT2D eigenvalue weighted by Gasteiger charge is -2.27. The highest BCUT2D eigenvalue weighted by Gasteiger charge is 2.58. The van der Waals surface area contributed by atoms with Crippen LogP contribution in [0.3, 0.4) is 0 Å². The number of hydrogen-bond acceptors (Lipinski definition) is 5. The summed E-state index contributed by atoms with van der Waals surface area (Å²) in [6.07, 6.45) is -5.67. The molecule has 0 fully saturated rings. The lowest BCUT2D eigenvalue weighted by molar-refractivity contribution is -0.275. The Morgan fingerprint density at radius 1 is 1.17 bits per heavy atom. The van der Waals surface area contributed by atoms with Crippen molar-refractivity contribution in [3.8, 4) is 0 Å². The van der Waals surface area contributed by atoms with Gasteiger partial charge < -0.3 is 19.6 Å². The summed E-state index contributed by atoms with van der Waals surface area (Å²) in [4.78, 5) is 23.8. The molecule has 0 aliphatic heterocycles. The van der Waals surface area contributed by atoms with E-state index in [-0.39, 0.29) is 5.76 Å². The first-order valence-corrected chi connectivity index (χ1v) is 9.37. The van der Waals surface area contributed by atoms with Gasteiger partial charge in [-0.05, 0) is 49.1 Å². The molecule has 0 saturated carbocycles. The van der Waals surface area contributed by atoms with Crippen LogP contribution in [-0.2, 0) is 19.9 Å². The van der Waals surface area contributed by atoms with Gasteiger partial charge in [0.25, 0.3) is 5.91 Å². The number of aliphatic hydroxyl groups is 1. The number of nitrogens with one attached hydrogen (secondary N) is 1. The quantitative estimate of drug-likeness (QED) is 0.609. The van der Waals surface area contributed by atoms with Gasteiger partial charge in [-0.15, -0.1) is 0 Å². The summed E-state index contributed by atoms with van der Waals surface area (Å²) in [5.74, 6) is -2.44. The predicted molar refractivity (Wildman–Crippen MR) is 103 cm³/mol. The van der Waals surface area contributed by atoms with Gasteiger partial charge in [-0.25, -0.2) is 0 Å². The van der Waals surface area contributed by atoms with Crippen molar-refractivity contribution in [2.45, 2.75) is 51.3 Å². The van der Waals surface area contributed by atoms with E-state index in [1.54, 1.807) is 12.1 Å². The molecule has 30 heavy (non-hydrogen) atoms. The number of amides is 1. The number of hydrogen-bond donors (Lipinski definition) is 2. The van der Waals surface area contributed by atoms with E-state index in [0.717, 1.165) is 18.1 Å². The van der Waals surface area contributed by atoms with Crippen molar-refractivity contribution >= 4 is 17.6 Å². The van der Waals surface area contributed by atoms with Gasteiger partial charge in [-0.2, -0.15) is 13.2 Å². The van der Waals surface area contributed by atoms with Crippen molar-refractivity contribution in [2.75, 3.05) is 11.9 Å². The maximum absolute atomic E-state index is 13.4. The number of ether oxygens (including phenoxy) is 1. The van der Waals surface area contributed by atoms with Crippen molar-refractivity contribution in [1.29, 1.82) is 0 Å². The fourth-order valence-corrected chi connectivity index (χ4v) is 2.72. The first-order valence-electron chi connectivity index (χ1n) is 9.37. The molecule has 2 rings (SSSR count). The Morgan fingerprint density at radius 2 is 1.80 bits per heavy atom. The molecule has 6 nitrogen and oxygen atoms in total. The van der Waals surface area contributed by atoms with E-state index in [9.17, 15) is 27.9 Å². The monoisotopic (exact) mass is 427 g/mol. The van der Waals surface area contributed by atoms with Gasteiger partial charge in [0, 0.05) is 5.69 Å². The Labute approximate surface area is 172 Å². The zero-order chi connectivity index (χ0) is 22.5. The van der Waals surface area contributed by atoms with Crippen molar-refractivity contribution < 1.29 is 37.0 Å². The van der Waals surface area contributed by atoms with Gasteiger partial charge >= 0.3 is 12.1 Å². The zero-order valence-electron chi connectivity index (χ0n) is 16.9. The van der Waals surface area contributed by atoms with E-state index in [4.69, 9.17) is 4.42 Å². The number of furan rings is 1. The van der Waals surface area contributed by atoms with Crippen LogP contribution in [0.1, 0.15) is 49.7 Å². The molecule has 0 spiro atoms. The maximum Gasteiger partial charge on any atom is 0.425 e. The minimum Gasteiger partial charge on any atom is -0.463 e. The van der Waals surface area contributed by atoms with E-state index in [1.165, 1.54) is 13.0 Å². The van der Waals surface area contributed by atoms with E-state index in [2.05, 4.69) is 23.9 Å². The number of anilines is 1. The van der Waals surface area contributed by atoms with Crippen molar-refractivity contribution in [3.05, 3.63) is 53.5 Å². The molecule has 0 saturated heterocycles. The molecular formula is C21H24F3NO5. The van der Waals surface area contributed by atoms with Crippen LogP contribution in [0.25, 0.3) is 0 Å². The third-order valence-electron chi connectivity index (χ3n) is 4.76. The fourth-order valence-electron chi connectivity index (χ4n) is 2.72. The van der Waals surface area contributed by atoms with Crippen LogP contribution in [0.2, 0.25) is 0 Å². The van der Waals surface area contributed by atoms with Crippen LogP contribution >= 0.6 is 0 Å². The average Bonchev–Trinajstić information content (AvgIpc) is 3.12. The Balaban J connectivity index is 1.94. The first-order chi connectivity index (χ1) is 14.0. The van der Waals surface area contributed by atoms with Crippen LogP contribution in [0.15, 0.2) is 40.8 Å². The average molecular weight is 427 g/mol. The minimum atomic E-state index is -5.18. The van der Waals surface area contributed by atoms with E-state index in [0.29, 0.717) is 11.6 Å². The molecule has 1 aromatic heterocycles. The lowest BCUT2D eigenvalue weighted by atomic mass is 9.96. The molecule has 0 aliphatic carbocycles. The smallest absolute Gasteiger partial charge is 0.425 e. The molecule has 0 bridgehead atoms. The summed E-state index contributed by atoms with van der Waals surface area (Å²) in [5.41, 5.74) is -2.00. The van der Waals surface area contributed by atoms with Crippen LogP contribution < -0.4 is 5.32 Å². The number of esters is 1. The van der Waals surface area contributed by atoms with Crippen LogP contribution in [0.4, 0.5) is 18.9 Å². The number of halogens is 3. The summed E-state index contributed by atoms with van der Waals surface area (Å²) in [7, 11) is 0. The van der Waals surface area contributed by atoms with Crippen LogP contribution in [0, 0.1) is 6.92 Å². The maximum atomic E-state index is 13.4. The molecule has 9 heteroatoms. The van der Waals surface area contributed by atoms with E-state index in [1.807, 2.05) is 12.1 Å². The predicted octanol–water partition coefficient (Wildman–Crippen LogP) is 4.42. The molecule has 2 unspecified atom stereocenters. The number of benzene rings is 1. The first kappa shape index (κ1) is 23.5. The van der Waals surface area contributed by atoms with Gasteiger partial charge in [0.15, 0.2) is 6.61 Å². The van der Waals surface area contributed by atoms with Gasteiger partial charge in [0.1, 0.15) is 11.5 Å². The highest BCUT2D eigenvalue weighted by molar-refractivity contribution is 5.92. The topological polar surface area (TPSA) is 88.8 Å². The molecule has 1 heterocycles. The van der Waals surface area contributed by atoms with Gasteiger partial charge in [0.05, 0.1) is 6.42 Å². The summed E-state index contributed by atoms with van der Waals surface area (Å²) in [5, 5.41) is 12.6. The Hall–Kier alpha value is -2.81. The Bertz CT molecular complexity index is 876. The number of aryl methyl sites for hydroxylation is 1. The molecule has 1 amide bonds. The fraction of sp³-hybridized carbons (Fsp3) is 0.429. The summed E-state index contributed by atoms with van der Waals surface area (Å²) in [6, 6.07) is 9.24. The molecule has 0 aliphatic rings. The molecule has 1 aromatic carbocycles. The van der Waals surface area contributed by atoms with E-state index >= 15 is 0 Å². The number of carbonyl (C=O) groups excluding carboxylic acids is 2. The number of alkyl halides is 3. The Morgan fingerprint density at radius 3 is 2.30 bits per heavy atom. The molecule has 2 N–H and O–H groups in total. The standard InChI is InChI=1S/C21H24F3NO5/c1-4-13(2)15-6-8-16(9-7-15)25-18(26)12-29-19(27)11-20(28,21(22,23)24)17-10-5-14(3)30-17/h5-10,13,28H,4,11-12H2,1-3H3,(H,25,26). The summed E-state index contributed by atoms with van der Waals surface area (Å²) < 4.78 is 49.6. The van der Waals surface area contributed by atoms with Crippen molar-refractivity contribution in [1.82, 2.24) is 0 Å². The Kier molecular flexibility index (Phi) is 7.30. The number of carbonyl (C=O) groups is 2. The highest BCUT2D eigenvalue weighted by Crippen LogP contribution is 2.42. The van der Waals surface area contributed by atoms with E-state index < -0.39 is 42.4 Å². The summed E-state index contributed by atoms with van der Waals surface area (Å²) in [6.45, 7) is 4.73.